The van der Waals surface area contributed by atoms with E-state index in [1.807, 2.05) is 0 Å². The van der Waals surface area contributed by atoms with Crippen molar-refractivity contribution in [3.63, 3.8) is 0 Å². The van der Waals surface area contributed by atoms with Crippen LogP contribution in [0.1, 0.15) is 13.8 Å². The fourth-order valence-electron chi connectivity index (χ4n) is 1.24. The summed E-state index contributed by atoms with van der Waals surface area (Å²) in [6.45, 7) is 3.08. The first-order chi connectivity index (χ1) is 7.95. The van der Waals surface area contributed by atoms with Crippen LogP contribution in [0, 0.1) is 10.1 Å². The van der Waals surface area contributed by atoms with Crippen LogP contribution in [0.3, 0.4) is 0 Å². The second-order valence-corrected chi connectivity index (χ2v) is 3.25. The van der Waals surface area contributed by atoms with Crippen LogP contribution < -0.4 is 0 Å². The Morgan fingerprint density at radius 1 is 1.65 bits per heavy atom. The van der Waals surface area contributed by atoms with Crippen molar-refractivity contribution in [2.45, 2.75) is 19.9 Å². The monoisotopic (exact) mass is 238 g/mol. The summed E-state index contributed by atoms with van der Waals surface area (Å²) in [6.07, 6.45) is 3.73. The lowest BCUT2D eigenvalue weighted by atomic mass is 10.1. The highest BCUT2D eigenvalue weighted by Crippen LogP contribution is 2.15. The quantitative estimate of drug-likeness (QED) is 0.311. The molecule has 1 atom stereocenters. The van der Waals surface area contributed by atoms with E-state index in [0.29, 0.717) is 0 Å². The van der Waals surface area contributed by atoms with Gasteiger partial charge in [-0.05, 0) is 13.8 Å². The maximum Gasteiger partial charge on any atom is 0.348 e. The van der Waals surface area contributed by atoms with E-state index in [1.54, 1.807) is 6.92 Å². The molecule has 1 rings (SSSR count). The van der Waals surface area contributed by atoms with Crippen LogP contribution in [-0.4, -0.2) is 28.6 Å². The minimum atomic E-state index is -1.74. The average Bonchev–Trinajstić information content (AvgIpc) is 2.15. The highest BCUT2D eigenvalue weighted by Gasteiger charge is 2.39. The van der Waals surface area contributed by atoms with Crippen molar-refractivity contribution in [3.8, 4) is 0 Å². The third-order valence-corrected chi connectivity index (χ3v) is 1.87. The molecule has 0 aliphatic carbocycles. The minimum absolute atomic E-state index is 0.261. The third-order valence-electron chi connectivity index (χ3n) is 1.87. The molecule has 7 heteroatoms. The van der Waals surface area contributed by atoms with Gasteiger partial charge in [-0.1, -0.05) is 6.08 Å². The normalized spacial score (nSPS) is 19.9. The highest BCUT2D eigenvalue weighted by molar-refractivity contribution is 6.06. The molecule has 0 aromatic heterocycles. The van der Waals surface area contributed by atoms with Crippen molar-refractivity contribution in [2.24, 2.45) is 4.99 Å². The van der Waals surface area contributed by atoms with Crippen LogP contribution in [0.2, 0.25) is 0 Å². The van der Waals surface area contributed by atoms with E-state index >= 15 is 0 Å². The predicted molar refractivity (Wildman–Crippen MR) is 57.9 cm³/mol. The maximum absolute atomic E-state index is 11.3. The molecule has 1 amide bonds. The Morgan fingerprint density at radius 2 is 2.29 bits per heavy atom. The van der Waals surface area contributed by atoms with Crippen LogP contribution in [0.15, 0.2) is 29.0 Å². The molecule has 1 aliphatic heterocycles. The molecule has 1 heterocycles. The third kappa shape index (κ3) is 3.07. The molecule has 0 aromatic carbocycles. The molecule has 0 aromatic rings. The molecule has 0 radical (unpaired) electrons. The molecule has 17 heavy (non-hydrogen) atoms. The number of carbonyl (C=O) groups excluding carboxylic acids is 2. The van der Waals surface area contributed by atoms with Gasteiger partial charge in [0.1, 0.15) is 0 Å². The molecule has 1 aliphatic rings. The molecule has 0 saturated carbocycles. The van der Waals surface area contributed by atoms with Gasteiger partial charge in [-0.25, -0.2) is 9.79 Å². The van der Waals surface area contributed by atoms with Crippen molar-refractivity contribution in [2.75, 3.05) is 0 Å². The van der Waals surface area contributed by atoms with Gasteiger partial charge >= 0.3 is 17.9 Å². The predicted octanol–water partition coefficient (Wildman–Crippen LogP) is 0.636. The second kappa shape index (κ2) is 5.15. The molecule has 0 bridgehead atoms. The van der Waals surface area contributed by atoms with Crippen LogP contribution in [0.4, 0.5) is 0 Å². The summed E-state index contributed by atoms with van der Waals surface area (Å²) < 4.78 is 4.74. The van der Waals surface area contributed by atoms with Crippen LogP contribution in [0.25, 0.3) is 0 Å². The van der Waals surface area contributed by atoms with Crippen molar-refractivity contribution < 1.29 is 19.2 Å². The van der Waals surface area contributed by atoms with E-state index in [4.69, 9.17) is 4.74 Å². The first-order valence-corrected chi connectivity index (χ1v) is 4.74. The Balaban J connectivity index is 3.00. The first kappa shape index (κ1) is 12.8. The Bertz CT molecular complexity index is 461. The van der Waals surface area contributed by atoms with Gasteiger partial charge in [0.25, 0.3) is 0 Å². The van der Waals surface area contributed by atoms with Crippen LogP contribution in [-0.2, 0) is 14.3 Å². The Kier molecular flexibility index (Phi) is 3.86. The number of allylic oxidation sites excluding steroid dienone is 2. The lowest BCUT2D eigenvalue weighted by molar-refractivity contribution is -0.501. The van der Waals surface area contributed by atoms with Gasteiger partial charge in [0, 0.05) is 22.8 Å². The largest absolute Gasteiger partial charge is 0.420 e. The Hall–Kier alpha value is -2.31. The van der Waals surface area contributed by atoms with Crippen LogP contribution in [0.5, 0.6) is 0 Å². The molecule has 0 saturated heterocycles. The van der Waals surface area contributed by atoms with Gasteiger partial charge in [-0.3, -0.25) is 14.9 Å². The lowest BCUT2D eigenvalue weighted by Crippen LogP contribution is -2.35. The Labute approximate surface area is 96.6 Å². The molecule has 0 fully saturated rings. The van der Waals surface area contributed by atoms with Crippen molar-refractivity contribution in [3.05, 3.63) is 34.1 Å². The number of rotatable bonds is 3. The van der Waals surface area contributed by atoms with Gasteiger partial charge in [0.05, 0.1) is 0 Å². The van der Waals surface area contributed by atoms with E-state index in [2.05, 4.69) is 4.99 Å². The van der Waals surface area contributed by atoms with Crippen molar-refractivity contribution in [1.29, 1.82) is 0 Å². The maximum atomic E-state index is 11.3. The zero-order valence-electron chi connectivity index (χ0n) is 9.25. The van der Waals surface area contributed by atoms with Gasteiger partial charge < -0.3 is 4.74 Å². The average molecular weight is 238 g/mol. The number of carbonyl (C=O) groups is 2. The van der Waals surface area contributed by atoms with E-state index in [1.165, 1.54) is 19.1 Å². The summed E-state index contributed by atoms with van der Waals surface area (Å²) in [7, 11) is 0. The van der Waals surface area contributed by atoms with Crippen LogP contribution >= 0.6 is 0 Å². The molecule has 90 valence electrons. The summed E-state index contributed by atoms with van der Waals surface area (Å²) in [6, 6.07) is -1.74. The molecular formula is C10H10N2O5. The number of aliphatic imine (C=N–C) groups is 1. The zero-order valence-corrected chi connectivity index (χ0v) is 9.25. The number of dihydropyridines is 1. The number of nitrogens with zero attached hydrogens (tertiary/aromatic N) is 2. The first-order valence-electron chi connectivity index (χ1n) is 4.74. The smallest absolute Gasteiger partial charge is 0.348 e. The van der Waals surface area contributed by atoms with E-state index in [-0.39, 0.29) is 11.5 Å². The Morgan fingerprint density at radius 3 is 2.82 bits per heavy atom. The van der Waals surface area contributed by atoms with E-state index in [9.17, 15) is 19.7 Å². The topological polar surface area (TPSA) is 98.9 Å². The SMILES string of the molecule is C/C=C/C(=O)OC1=CC(C)=NC(=O)C1[N+](=O)[O-]. The number of ether oxygens (including phenoxy) is 1. The van der Waals surface area contributed by atoms with E-state index < -0.39 is 22.8 Å². The second-order valence-electron chi connectivity index (χ2n) is 3.25. The summed E-state index contributed by atoms with van der Waals surface area (Å²) in [5.74, 6) is -2.03. The fraction of sp³-hybridized carbons (Fsp3) is 0.300. The minimum Gasteiger partial charge on any atom is -0.420 e. The van der Waals surface area contributed by atoms with E-state index in [0.717, 1.165) is 6.08 Å². The number of nitro groups is 1. The van der Waals surface area contributed by atoms with Gasteiger partial charge in [-0.2, -0.15) is 0 Å². The van der Waals surface area contributed by atoms with Gasteiger partial charge in [0.2, 0.25) is 0 Å². The molecule has 7 nitrogen and oxygen atoms in total. The summed E-state index contributed by atoms with van der Waals surface area (Å²) in [5, 5.41) is 10.7. The molecule has 0 spiro atoms. The van der Waals surface area contributed by atoms with Crippen molar-refractivity contribution in [1.82, 2.24) is 0 Å². The fourth-order valence-corrected chi connectivity index (χ4v) is 1.24. The highest BCUT2D eigenvalue weighted by atomic mass is 16.6. The summed E-state index contributed by atoms with van der Waals surface area (Å²) >= 11 is 0. The summed E-state index contributed by atoms with van der Waals surface area (Å²) in [5.41, 5.74) is 0.261. The molecule has 1 unspecified atom stereocenters. The van der Waals surface area contributed by atoms with Gasteiger partial charge in [-0.15, -0.1) is 0 Å². The number of hydrogen-bond acceptors (Lipinski definition) is 5. The lowest BCUT2D eigenvalue weighted by Gasteiger charge is -2.13. The molecule has 0 N–H and O–H groups in total. The summed E-state index contributed by atoms with van der Waals surface area (Å²) in [4.78, 5) is 35.8. The van der Waals surface area contributed by atoms with Gasteiger partial charge in [0.15, 0.2) is 5.76 Å². The zero-order chi connectivity index (χ0) is 13.0. The standard InChI is InChI=1S/C10H10N2O5/c1-3-4-8(13)17-7-5-6(2)11-10(14)9(7)12(15)16/h3-5,9H,1-2H3/b4-3+. The van der Waals surface area contributed by atoms with Crippen molar-refractivity contribution >= 4 is 17.6 Å². The number of amides is 1. The number of hydrogen-bond donors (Lipinski definition) is 0. The number of esters is 1. The molecular weight excluding hydrogens is 228 g/mol.